The summed E-state index contributed by atoms with van der Waals surface area (Å²) >= 11 is 0. The SMILES string of the molecule is Nc1ccc2c(O)cc(S(=O)(=O)O)cc2c1N=Nc1ccccc1S(=O)(=O)O. The number of benzene rings is 3. The van der Waals surface area contributed by atoms with E-state index in [2.05, 4.69) is 10.2 Å². The van der Waals surface area contributed by atoms with Gasteiger partial charge in [0, 0.05) is 16.8 Å². The predicted molar refractivity (Wildman–Crippen MR) is 100 cm³/mol. The molecular weight excluding hydrogens is 410 g/mol. The molecule has 12 heteroatoms. The summed E-state index contributed by atoms with van der Waals surface area (Å²) in [7, 11) is -9.19. The van der Waals surface area contributed by atoms with Crippen LogP contribution < -0.4 is 5.73 Å². The topological polar surface area (TPSA) is 180 Å². The van der Waals surface area contributed by atoms with Gasteiger partial charge >= 0.3 is 0 Å². The third-order valence-electron chi connectivity index (χ3n) is 3.79. The van der Waals surface area contributed by atoms with Crippen molar-refractivity contribution in [3.8, 4) is 5.75 Å². The molecule has 146 valence electrons. The van der Waals surface area contributed by atoms with Crippen LogP contribution in [-0.4, -0.2) is 31.0 Å². The summed E-state index contributed by atoms with van der Waals surface area (Å²) in [6, 6.07) is 9.97. The van der Waals surface area contributed by atoms with Crippen LogP contribution in [0, 0.1) is 0 Å². The van der Waals surface area contributed by atoms with E-state index in [4.69, 9.17) is 5.73 Å². The molecule has 0 aliphatic heterocycles. The monoisotopic (exact) mass is 423 g/mol. The highest BCUT2D eigenvalue weighted by Gasteiger charge is 2.18. The molecular formula is C16H13N3O7S2. The molecule has 0 fully saturated rings. The summed E-state index contributed by atoms with van der Waals surface area (Å²) in [6.07, 6.45) is 0. The smallest absolute Gasteiger partial charge is 0.296 e. The van der Waals surface area contributed by atoms with Crippen LogP contribution in [0.15, 0.2) is 68.6 Å². The summed E-state index contributed by atoms with van der Waals surface area (Å²) in [5.74, 6) is -0.445. The first-order valence-electron chi connectivity index (χ1n) is 7.49. The first kappa shape index (κ1) is 19.7. The van der Waals surface area contributed by atoms with Gasteiger partial charge in [0.05, 0.1) is 10.6 Å². The minimum Gasteiger partial charge on any atom is -0.507 e. The van der Waals surface area contributed by atoms with Crippen molar-refractivity contribution in [2.24, 2.45) is 10.2 Å². The average Bonchev–Trinajstić information content (AvgIpc) is 2.59. The van der Waals surface area contributed by atoms with E-state index in [0.717, 1.165) is 18.2 Å². The fourth-order valence-electron chi connectivity index (χ4n) is 2.51. The zero-order valence-corrected chi connectivity index (χ0v) is 15.5. The lowest BCUT2D eigenvalue weighted by Crippen LogP contribution is -1.98. The van der Waals surface area contributed by atoms with Crippen molar-refractivity contribution in [3.05, 3.63) is 48.5 Å². The molecule has 0 unspecified atom stereocenters. The number of aromatic hydroxyl groups is 1. The van der Waals surface area contributed by atoms with E-state index in [1.807, 2.05) is 0 Å². The number of fused-ring (bicyclic) bond motifs is 1. The van der Waals surface area contributed by atoms with Crippen LogP contribution >= 0.6 is 0 Å². The van der Waals surface area contributed by atoms with E-state index in [1.165, 1.54) is 30.3 Å². The summed E-state index contributed by atoms with van der Waals surface area (Å²) < 4.78 is 64.3. The van der Waals surface area contributed by atoms with Gasteiger partial charge < -0.3 is 10.8 Å². The number of rotatable bonds is 4. The summed E-state index contributed by atoms with van der Waals surface area (Å²) in [4.78, 5) is -1.07. The molecule has 0 saturated heterocycles. The number of anilines is 1. The van der Waals surface area contributed by atoms with Gasteiger partial charge in [0.25, 0.3) is 20.2 Å². The lowest BCUT2D eigenvalue weighted by Gasteiger charge is -2.09. The Hall–Kier alpha value is -3.06. The number of phenols is 1. The Bertz CT molecular complexity index is 1330. The van der Waals surface area contributed by atoms with E-state index < -0.39 is 35.8 Å². The molecule has 0 heterocycles. The summed E-state index contributed by atoms with van der Waals surface area (Å²) in [6.45, 7) is 0. The Morgan fingerprint density at radius 1 is 0.821 bits per heavy atom. The molecule has 0 amide bonds. The van der Waals surface area contributed by atoms with Gasteiger partial charge in [0.2, 0.25) is 0 Å². The number of nitrogens with two attached hydrogens (primary N) is 1. The fourth-order valence-corrected chi connectivity index (χ4v) is 3.66. The van der Waals surface area contributed by atoms with E-state index in [1.54, 1.807) is 0 Å². The van der Waals surface area contributed by atoms with Crippen molar-refractivity contribution in [1.82, 2.24) is 0 Å². The Kier molecular flexibility index (Phi) is 4.81. The van der Waals surface area contributed by atoms with Gasteiger partial charge in [0.15, 0.2) is 0 Å². The van der Waals surface area contributed by atoms with E-state index in [9.17, 15) is 31.0 Å². The molecule has 0 aliphatic rings. The van der Waals surface area contributed by atoms with Crippen LogP contribution in [0.5, 0.6) is 5.75 Å². The van der Waals surface area contributed by atoms with Gasteiger partial charge in [-0.1, -0.05) is 12.1 Å². The fraction of sp³-hybridized carbons (Fsp3) is 0. The van der Waals surface area contributed by atoms with Crippen LogP contribution in [0.4, 0.5) is 17.1 Å². The normalized spacial score (nSPS) is 12.6. The maximum Gasteiger partial charge on any atom is 0.296 e. The van der Waals surface area contributed by atoms with Crippen LogP contribution in [-0.2, 0) is 20.2 Å². The zero-order chi connectivity index (χ0) is 20.7. The lowest BCUT2D eigenvalue weighted by atomic mass is 10.1. The number of azo groups is 1. The Labute approximate surface area is 159 Å². The van der Waals surface area contributed by atoms with Crippen molar-refractivity contribution >= 4 is 48.1 Å². The van der Waals surface area contributed by atoms with Crippen molar-refractivity contribution in [3.63, 3.8) is 0 Å². The van der Waals surface area contributed by atoms with Crippen molar-refractivity contribution in [2.45, 2.75) is 9.79 Å². The first-order valence-corrected chi connectivity index (χ1v) is 10.4. The van der Waals surface area contributed by atoms with Crippen molar-refractivity contribution < 1.29 is 31.0 Å². The minimum absolute atomic E-state index is 0.0486. The van der Waals surface area contributed by atoms with Crippen LogP contribution in [0.1, 0.15) is 0 Å². The molecule has 0 spiro atoms. The third-order valence-corrected chi connectivity index (χ3v) is 5.52. The molecule has 0 aliphatic carbocycles. The number of hydrogen-bond donors (Lipinski definition) is 4. The van der Waals surface area contributed by atoms with Crippen LogP contribution in [0.25, 0.3) is 10.8 Å². The maximum absolute atomic E-state index is 11.4. The molecule has 28 heavy (non-hydrogen) atoms. The standard InChI is InChI=1S/C16H13N3O7S2/c17-12-6-5-10-11(7-9(8-14(10)20)27(21,22)23)16(12)19-18-13-3-1-2-4-15(13)28(24,25)26/h1-8,20H,17H2,(H,21,22,23)(H,24,25,26). The van der Waals surface area contributed by atoms with Crippen LogP contribution in [0.2, 0.25) is 0 Å². The highest BCUT2D eigenvalue weighted by Crippen LogP contribution is 2.39. The van der Waals surface area contributed by atoms with Gasteiger partial charge in [-0.05, 0) is 30.3 Å². The molecule has 3 aromatic carbocycles. The molecule has 0 atom stereocenters. The minimum atomic E-state index is -4.63. The maximum atomic E-state index is 11.4. The van der Waals surface area contributed by atoms with E-state index in [0.29, 0.717) is 0 Å². The van der Waals surface area contributed by atoms with Gasteiger partial charge in [-0.15, -0.1) is 10.2 Å². The highest BCUT2D eigenvalue weighted by molar-refractivity contribution is 7.86. The van der Waals surface area contributed by atoms with Crippen molar-refractivity contribution in [1.29, 1.82) is 0 Å². The van der Waals surface area contributed by atoms with Crippen LogP contribution in [0.3, 0.4) is 0 Å². The van der Waals surface area contributed by atoms with E-state index in [-0.39, 0.29) is 27.8 Å². The number of phenolic OH excluding ortho intramolecular Hbond substituents is 1. The number of nitrogen functional groups attached to an aromatic ring is 1. The Morgan fingerprint density at radius 3 is 2.14 bits per heavy atom. The molecule has 10 nitrogen and oxygen atoms in total. The van der Waals surface area contributed by atoms with Gasteiger partial charge in [-0.25, -0.2) is 0 Å². The molecule has 0 radical (unpaired) electrons. The molecule has 0 bridgehead atoms. The second kappa shape index (κ2) is 6.83. The molecule has 3 rings (SSSR count). The lowest BCUT2D eigenvalue weighted by molar-refractivity contribution is 0.471. The number of nitrogens with zero attached hydrogens (tertiary/aromatic N) is 2. The molecule has 3 aromatic rings. The predicted octanol–water partition coefficient (Wildman–Crippen LogP) is 3.04. The Balaban J connectivity index is 2.26. The number of hydrogen-bond acceptors (Lipinski definition) is 8. The second-order valence-corrected chi connectivity index (χ2v) is 8.47. The second-order valence-electron chi connectivity index (χ2n) is 5.66. The molecule has 0 saturated carbocycles. The summed E-state index contributed by atoms with van der Waals surface area (Å²) in [5.41, 5.74) is 5.67. The van der Waals surface area contributed by atoms with Gasteiger partial charge in [-0.2, -0.15) is 16.8 Å². The van der Waals surface area contributed by atoms with Gasteiger partial charge in [-0.3, -0.25) is 9.11 Å². The zero-order valence-electron chi connectivity index (χ0n) is 13.9. The Morgan fingerprint density at radius 2 is 1.50 bits per heavy atom. The van der Waals surface area contributed by atoms with E-state index >= 15 is 0 Å². The quantitative estimate of drug-likeness (QED) is 0.281. The molecule has 5 N–H and O–H groups in total. The first-order chi connectivity index (χ1) is 13.0. The largest absolute Gasteiger partial charge is 0.507 e. The summed E-state index contributed by atoms with van der Waals surface area (Å²) in [5, 5.41) is 18.0. The third kappa shape index (κ3) is 3.80. The highest BCUT2D eigenvalue weighted by atomic mass is 32.2. The average molecular weight is 423 g/mol. The van der Waals surface area contributed by atoms with Crippen molar-refractivity contribution in [2.75, 3.05) is 5.73 Å². The molecule has 0 aromatic heterocycles. The van der Waals surface area contributed by atoms with Gasteiger partial charge in [0.1, 0.15) is 22.0 Å².